The van der Waals surface area contributed by atoms with E-state index in [0.717, 1.165) is 22.4 Å². The maximum atomic E-state index is 14.2. The van der Waals surface area contributed by atoms with Gasteiger partial charge in [-0.1, -0.05) is 42.5 Å². The van der Waals surface area contributed by atoms with Crippen LogP contribution < -0.4 is 10.2 Å². The minimum absolute atomic E-state index is 0.215. The van der Waals surface area contributed by atoms with Crippen LogP contribution in [0, 0.1) is 5.92 Å². The number of nitrogens with one attached hydrogen (secondary N) is 1. The molecule has 6 nitrogen and oxygen atoms in total. The summed E-state index contributed by atoms with van der Waals surface area (Å²) in [6.07, 6.45) is -4.01. The third kappa shape index (κ3) is 6.91. The molecule has 0 radical (unpaired) electrons. The summed E-state index contributed by atoms with van der Waals surface area (Å²) in [5, 5.41) is 9.90. The van der Waals surface area contributed by atoms with E-state index in [0.29, 0.717) is 32.4 Å². The van der Waals surface area contributed by atoms with Crippen LogP contribution in [0.25, 0.3) is 0 Å². The number of aliphatic carboxylic acids is 1. The van der Waals surface area contributed by atoms with Crippen molar-refractivity contribution in [2.45, 2.75) is 38.0 Å². The molecule has 1 atom stereocenters. The van der Waals surface area contributed by atoms with Crippen LogP contribution in [0.15, 0.2) is 48.5 Å². The van der Waals surface area contributed by atoms with Crippen molar-refractivity contribution in [3.05, 3.63) is 65.2 Å². The normalized spacial score (nSPS) is 18.8. The standard InChI is InChI=1S/C22H24F2N2O2.C2HF3O2/c23-22(24)15-25-11-9-18(22)13-17-7-4-8-20-19(17)10-12-26(20)21(27)28-14-16-5-2-1-3-6-16;3-2(4,5)1(6)7/h1-8,18,25H,9-15H2;(H,6,7). The number of anilines is 1. The van der Waals surface area contributed by atoms with Crippen molar-refractivity contribution in [3.8, 4) is 0 Å². The maximum absolute atomic E-state index is 14.2. The molecule has 1 saturated heterocycles. The van der Waals surface area contributed by atoms with Crippen molar-refractivity contribution in [3.63, 3.8) is 0 Å². The number of fused-ring (bicyclic) bond motifs is 1. The van der Waals surface area contributed by atoms with E-state index in [1.807, 2.05) is 48.5 Å². The third-order valence-electron chi connectivity index (χ3n) is 5.89. The largest absolute Gasteiger partial charge is 0.490 e. The van der Waals surface area contributed by atoms with E-state index in [4.69, 9.17) is 14.6 Å². The first-order chi connectivity index (χ1) is 16.5. The Morgan fingerprint density at radius 3 is 2.43 bits per heavy atom. The lowest BCUT2D eigenvalue weighted by Crippen LogP contribution is -2.46. The number of carboxylic acid groups (broad SMARTS) is 1. The van der Waals surface area contributed by atoms with Gasteiger partial charge in [0.2, 0.25) is 0 Å². The summed E-state index contributed by atoms with van der Waals surface area (Å²) in [6, 6.07) is 15.1. The van der Waals surface area contributed by atoms with E-state index in [2.05, 4.69) is 5.32 Å². The fourth-order valence-corrected chi connectivity index (χ4v) is 4.09. The summed E-state index contributed by atoms with van der Waals surface area (Å²) < 4.78 is 65.6. The molecular weight excluding hydrogens is 475 g/mol. The highest BCUT2D eigenvalue weighted by Gasteiger charge is 2.42. The quantitative estimate of drug-likeness (QED) is 0.590. The Morgan fingerprint density at radius 1 is 1.11 bits per heavy atom. The number of carbonyl (C=O) groups excluding carboxylic acids is 1. The zero-order valence-corrected chi connectivity index (χ0v) is 18.7. The van der Waals surface area contributed by atoms with Gasteiger partial charge in [-0.2, -0.15) is 13.2 Å². The SMILES string of the molecule is O=C(O)C(F)(F)F.O=C(OCc1ccccc1)N1CCc2c(CC3CCNCC3(F)F)cccc21. The van der Waals surface area contributed by atoms with E-state index in [1.54, 1.807) is 4.90 Å². The van der Waals surface area contributed by atoms with Crippen molar-refractivity contribution >= 4 is 17.7 Å². The number of piperidine rings is 1. The minimum atomic E-state index is -5.08. The molecule has 2 N–H and O–H groups in total. The lowest BCUT2D eigenvalue weighted by atomic mass is 9.86. The Labute approximate surface area is 198 Å². The number of amides is 1. The Balaban J connectivity index is 0.000000429. The second kappa shape index (κ2) is 11.0. The average molecular weight is 500 g/mol. The first-order valence-corrected chi connectivity index (χ1v) is 11.0. The topological polar surface area (TPSA) is 78.9 Å². The van der Waals surface area contributed by atoms with Crippen LogP contribution in [0.5, 0.6) is 0 Å². The van der Waals surface area contributed by atoms with Gasteiger partial charge in [-0.15, -0.1) is 0 Å². The van der Waals surface area contributed by atoms with Crippen molar-refractivity contribution in [1.29, 1.82) is 0 Å². The highest BCUT2D eigenvalue weighted by atomic mass is 19.4. The van der Waals surface area contributed by atoms with Crippen molar-refractivity contribution in [2.24, 2.45) is 5.92 Å². The molecule has 0 saturated carbocycles. The van der Waals surface area contributed by atoms with Crippen LogP contribution in [0.4, 0.5) is 32.4 Å². The lowest BCUT2D eigenvalue weighted by Gasteiger charge is -2.32. The van der Waals surface area contributed by atoms with Crippen LogP contribution in [0.2, 0.25) is 0 Å². The molecule has 0 aromatic heterocycles. The van der Waals surface area contributed by atoms with E-state index >= 15 is 0 Å². The van der Waals surface area contributed by atoms with E-state index in [1.165, 1.54) is 0 Å². The van der Waals surface area contributed by atoms with Gasteiger partial charge >= 0.3 is 18.2 Å². The maximum Gasteiger partial charge on any atom is 0.490 e. The van der Waals surface area contributed by atoms with Gasteiger partial charge in [-0.25, -0.2) is 18.4 Å². The molecule has 2 aromatic rings. The molecule has 2 aliphatic heterocycles. The molecule has 35 heavy (non-hydrogen) atoms. The second-order valence-corrected chi connectivity index (χ2v) is 8.29. The molecule has 11 heteroatoms. The van der Waals surface area contributed by atoms with Gasteiger partial charge in [-0.05, 0) is 48.6 Å². The number of rotatable bonds is 4. The number of hydrogen-bond acceptors (Lipinski definition) is 4. The third-order valence-corrected chi connectivity index (χ3v) is 5.89. The summed E-state index contributed by atoms with van der Waals surface area (Å²) >= 11 is 0. The number of carboxylic acids is 1. The van der Waals surface area contributed by atoms with Crippen LogP contribution in [-0.4, -0.2) is 48.9 Å². The average Bonchev–Trinajstić information content (AvgIpc) is 3.24. The molecule has 4 rings (SSSR count). The number of hydrogen-bond donors (Lipinski definition) is 2. The van der Waals surface area contributed by atoms with Crippen LogP contribution in [0.3, 0.4) is 0 Å². The summed E-state index contributed by atoms with van der Waals surface area (Å²) in [5.74, 6) is -6.12. The van der Waals surface area contributed by atoms with Crippen LogP contribution >= 0.6 is 0 Å². The zero-order chi connectivity index (χ0) is 25.6. The predicted octanol–water partition coefficient (Wildman–Crippen LogP) is 4.81. The lowest BCUT2D eigenvalue weighted by molar-refractivity contribution is -0.192. The molecule has 2 aromatic carbocycles. The highest BCUT2D eigenvalue weighted by molar-refractivity contribution is 5.90. The molecule has 190 valence electrons. The van der Waals surface area contributed by atoms with E-state index in [-0.39, 0.29) is 13.2 Å². The fraction of sp³-hybridized carbons (Fsp3) is 0.417. The fourth-order valence-electron chi connectivity index (χ4n) is 4.09. The number of alkyl halides is 5. The molecular formula is C24H25F5N2O4. The molecule has 0 bridgehead atoms. The van der Waals surface area contributed by atoms with E-state index in [9.17, 15) is 26.7 Å². The van der Waals surface area contributed by atoms with Gasteiger partial charge in [-0.3, -0.25) is 4.90 Å². The molecule has 0 spiro atoms. The van der Waals surface area contributed by atoms with Crippen molar-refractivity contribution in [2.75, 3.05) is 24.5 Å². The smallest absolute Gasteiger partial charge is 0.475 e. The van der Waals surface area contributed by atoms with Gasteiger partial charge in [0.05, 0.1) is 12.2 Å². The molecule has 1 unspecified atom stereocenters. The van der Waals surface area contributed by atoms with Gasteiger partial charge in [0.25, 0.3) is 5.92 Å². The summed E-state index contributed by atoms with van der Waals surface area (Å²) in [7, 11) is 0. The summed E-state index contributed by atoms with van der Waals surface area (Å²) in [5.41, 5.74) is 3.63. The van der Waals surface area contributed by atoms with Crippen LogP contribution in [-0.2, 0) is 29.0 Å². The number of nitrogens with zero attached hydrogens (tertiary/aromatic N) is 1. The Hall–Kier alpha value is -3.21. The number of halogens is 5. The predicted molar refractivity (Wildman–Crippen MR) is 117 cm³/mol. The zero-order valence-electron chi connectivity index (χ0n) is 18.7. The van der Waals surface area contributed by atoms with Crippen LogP contribution in [0.1, 0.15) is 23.1 Å². The first-order valence-electron chi connectivity index (χ1n) is 11.0. The van der Waals surface area contributed by atoms with Gasteiger partial charge in [0.1, 0.15) is 6.61 Å². The second-order valence-electron chi connectivity index (χ2n) is 8.29. The minimum Gasteiger partial charge on any atom is -0.475 e. The van der Waals surface area contributed by atoms with E-state index < -0.39 is 30.1 Å². The number of carbonyl (C=O) groups is 2. The summed E-state index contributed by atoms with van der Waals surface area (Å²) in [4.78, 5) is 23.1. The van der Waals surface area contributed by atoms with Gasteiger partial charge in [0, 0.05) is 12.5 Å². The van der Waals surface area contributed by atoms with Crippen molar-refractivity contribution in [1.82, 2.24) is 5.32 Å². The highest BCUT2D eigenvalue weighted by Crippen LogP contribution is 2.37. The Morgan fingerprint density at radius 2 is 1.80 bits per heavy atom. The molecule has 1 fully saturated rings. The van der Waals surface area contributed by atoms with Gasteiger partial charge in [0.15, 0.2) is 0 Å². The summed E-state index contributed by atoms with van der Waals surface area (Å²) in [6.45, 7) is 1.09. The molecule has 0 aliphatic carbocycles. The molecule has 2 heterocycles. The first kappa shape index (κ1) is 26.4. The monoisotopic (exact) mass is 500 g/mol. The van der Waals surface area contributed by atoms with Gasteiger partial charge < -0.3 is 15.2 Å². The number of ether oxygens (including phenoxy) is 1. The molecule has 2 aliphatic rings. The molecule has 1 amide bonds. The van der Waals surface area contributed by atoms with Crippen molar-refractivity contribution < 1.29 is 41.4 Å². The Kier molecular flexibility index (Phi) is 8.31. The Bertz CT molecular complexity index is 1030. The number of benzene rings is 2.